The number of esters is 4. The fraction of sp³-hybridized carbons (Fsp3) is 0.514. The van der Waals surface area contributed by atoms with E-state index in [1.807, 2.05) is 0 Å². The van der Waals surface area contributed by atoms with Crippen LogP contribution >= 0.6 is 0 Å². The van der Waals surface area contributed by atoms with Gasteiger partial charge in [0.2, 0.25) is 0 Å². The van der Waals surface area contributed by atoms with Gasteiger partial charge in [-0.1, -0.05) is 55.7 Å². The number of Topliss-reactive ketones (excluding diaryl/α,β-unsaturated/α-hetero) is 1. The van der Waals surface area contributed by atoms with Crippen molar-refractivity contribution in [3.05, 3.63) is 71.8 Å². The van der Waals surface area contributed by atoms with Gasteiger partial charge in [0.05, 0.1) is 17.7 Å². The van der Waals surface area contributed by atoms with E-state index in [-0.39, 0.29) is 29.5 Å². The molecular weight excluding hydrogens is 634 g/mol. The molecule has 2 fully saturated rings. The van der Waals surface area contributed by atoms with Crippen molar-refractivity contribution in [3.8, 4) is 0 Å². The molecule has 0 spiro atoms. The highest BCUT2D eigenvalue weighted by atomic mass is 16.6. The van der Waals surface area contributed by atoms with Crippen molar-refractivity contribution in [2.24, 2.45) is 0 Å². The highest BCUT2D eigenvalue weighted by molar-refractivity contribution is 5.90. The molecule has 0 bridgehead atoms. The molecule has 4 rings (SSSR count). The number of hydrogen-bond donors (Lipinski definition) is 0. The highest BCUT2D eigenvalue weighted by Crippen LogP contribution is 2.39. The van der Waals surface area contributed by atoms with Crippen LogP contribution in [0.1, 0.15) is 98.8 Å². The fourth-order valence-corrected chi connectivity index (χ4v) is 6.29. The largest absolute Gasteiger partial charge is 0.466 e. The number of fused-ring (bicyclic) bond motifs is 1. The van der Waals surface area contributed by atoms with E-state index in [4.69, 9.17) is 23.7 Å². The number of rotatable bonds is 19. The summed E-state index contributed by atoms with van der Waals surface area (Å²) in [7, 11) is 0. The summed E-state index contributed by atoms with van der Waals surface area (Å²) >= 11 is 0. The van der Waals surface area contributed by atoms with Crippen LogP contribution in [0.4, 0.5) is 4.79 Å². The first kappa shape index (κ1) is 37.1. The zero-order valence-corrected chi connectivity index (χ0v) is 28.1. The third-order valence-electron chi connectivity index (χ3n) is 8.61. The average molecular weight is 680 g/mol. The lowest BCUT2D eigenvalue weighted by Crippen LogP contribution is -2.50. The molecule has 0 N–H and O–H groups in total. The van der Waals surface area contributed by atoms with Crippen molar-refractivity contribution in [1.29, 1.82) is 0 Å². The van der Waals surface area contributed by atoms with Gasteiger partial charge in [-0.2, -0.15) is 0 Å². The van der Waals surface area contributed by atoms with Gasteiger partial charge in [0.15, 0.2) is 12.2 Å². The molecule has 12 heteroatoms. The van der Waals surface area contributed by atoms with Gasteiger partial charge >= 0.3 is 30.0 Å². The van der Waals surface area contributed by atoms with E-state index in [1.54, 1.807) is 60.7 Å². The number of benzene rings is 2. The Bertz CT molecular complexity index is 1430. The Hall–Kier alpha value is -4.74. The predicted molar refractivity (Wildman–Crippen MR) is 175 cm³/mol. The molecule has 264 valence electrons. The summed E-state index contributed by atoms with van der Waals surface area (Å²) in [5, 5.41) is 0. The summed E-state index contributed by atoms with van der Waals surface area (Å²) in [5.74, 6) is -2.04. The second-order valence-corrected chi connectivity index (χ2v) is 12.3. The quantitative estimate of drug-likeness (QED) is 0.104. The molecule has 2 aliphatic heterocycles. The lowest BCUT2D eigenvalue weighted by atomic mass is 9.97. The van der Waals surface area contributed by atoms with Crippen LogP contribution in [0.15, 0.2) is 60.7 Å². The Labute approximate surface area is 286 Å². The van der Waals surface area contributed by atoms with Gasteiger partial charge in [0.1, 0.15) is 30.6 Å². The van der Waals surface area contributed by atoms with Gasteiger partial charge in [-0.25, -0.2) is 14.4 Å². The summed E-state index contributed by atoms with van der Waals surface area (Å²) in [5.41, 5.74) is 0.557. The Balaban J connectivity index is 1.41. The van der Waals surface area contributed by atoms with E-state index in [0.717, 1.165) is 25.7 Å². The summed E-state index contributed by atoms with van der Waals surface area (Å²) in [4.78, 5) is 76.5. The number of amides is 1. The molecular formula is C37H45NO11. The zero-order valence-electron chi connectivity index (χ0n) is 28.1. The Kier molecular flexibility index (Phi) is 14.2. The summed E-state index contributed by atoms with van der Waals surface area (Å²) in [6, 6.07) is 14.9. The molecule has 0 aliphatic carbocycles. The SMILES string of the molecule is CC(=O)OCCCCC(=O)CCCCCCC[C@@H](OC(C)=O)[C@@H]1[C@@H](OC(=O)c2ccccc2)[C@H](OC(=O)c2ccccc2)[C@H]2COC(=O)N12. The first-order valence-corrected chi connectivity index (χ1v) is 16.9. The molecule has 0 radical (unpaired) electrons. The van der Waals surface area contributed by atoms with Gasteiger partial charge < -0.3 is 23.7 Å². The second kappa shape index (κ2) is 18.7. The maximum Gasteiger partial charge on any atom is 0.410 e. The molecule has 5 atom stereocenters. The standard InChI is InChI=1S/C37H45NO11/c1-25(39)45-23-15-14-21-29(41)20-12-4-3-5-13-22-31(47-26(2)40)32-34(49-36(43)28-18-10-7-11-19-28)33(30-24-46-37(44)38(30)32)48-35(42)27-16-8-6-9-17-27/h6-11,16-19,30-34H,3-5,12-15,20-24H2,1-2H3/t30-,31-,32-,33-,34-/m1/s1. The lowest BCUT2D eigenvalue weighted by Gasteiger charge is -2.32. The normalized spacial score (nSPS) is 20.1. The van der Waals surface area contributed by atoms with Crippen molar-refractivity contribution >= 4 is 35.8 Å². The first-order valence-electron chi connectivity index (χ1n) is 16.9. The van der Waals surface area contributed by atoms with Crippen LogP contribution < -0.4 is 0 Å². The minimum Gasteiger partial charge on any atom is -0.466 e. The van der Waals surface area contributed by atoms with E-state index in [1.165, 1.54) is 18.7 Å². The molecule has 2 aliphatic rings. The number of carbonyl (C=O) groups excluding carboxylic acids is 6. The molecule has 0 saturated carbocycles. The number of ether oxygens (including phenoxy) is 5. The third-order valence-corrected chi connectivity index (χ3v) is 8.61. The molecule has 49 heavy (non-hydrogen) atoms. The Morgan fingerprint density at radius 3 is 1.88 bits per heavy atom. The lowest BCUT2D eigenvalue weighted by molar-refractivity contribution is -0.151. The fourth-order valence-electron chi connectivity index (χ4n) is 6.29. The number of cyclic esters (lactones) is 1. The monoisotopic (exact) mass is 679 g/mol. The molecule has 2 aromatic carbocycles. The van der Waals surface area contributed by atoms with Gasteiger partial charge in [-0.15, -0.1) is 0 Å². The first-order chi connectivity index (χ1) is 23.7. The van der Waals surface area contributed by atoms with E-state index in [9.17, 15) is 28.8 Å². The molecule has 12 nitrogen and oxygen atoms in total. The number of carbonyl (C=O) groups is 6. The third kappa shape index (κ3) is 10.9. The van der Waals surface area contributed by atoms with Crippen LogP contribution in [-0.4, -0.2) is 84.3 Å². The smallest absolute Gasteiger partial charge is 0.410 e. The van der Waals surface area contributed by atoms with Gasteiger partial charge in [-0.05, 0) is 56.4 Å². The second-order valence-electron chi connectivity index (χ2n) is 12.3. The summed E-state index contributed by atoms with van der Waals surface area (Å²) in [6.45, 7) is 2.86. The minimum absolute atomic E-state index is 0.0981. The number of ketones is 1. The topological polar surface area (TPSA) is 152 Å². The van der Waals surface area contributed by atoms with Gasteiger partial charge in [-0.3, -0.25) is 19.3 Å². The van der Waals surface area contributed by atoms with E-state index in [0.29, 0.717) is 45.1 Å². The van der Waals surface area contributed by atoms with Gasteiger partial charge in [0.25, 0.3) is 0 Å². The summed E-state index contributed by atoms with van der Waals surface area (Å²) in [6.07, 6.45) is 2.69. The zero-order chi connectivity index (χ0) is 35.2. The van der Waals surface area contributed by atoms with E-state index in [2.05, 4.69) is 0 Å². The number of nitrogens with zero attached hydrogens (tertiary/aromatic N) is 1. The Morgan fingerprint density at radius 1 is 0.735 bits per heavy atom. The molecule has 0 aromatic heterocycles. The van der Waals surface area contributed by atoms with Crippen LogP contribution in [-0.2, 0) is 38.1 Å². The van der Waals surface area contributed by atoms with Crippen molar-refractivity contribution in [1.82, 2.24) is 4.90 Å². The molecule has 2 aromatic rings. The molecule has 0 unspecified atom stereocenters. The maximum absolute atomic E-state index is 13.4. The van der Waals surface area contributed by atoms with Crippen molar-refractivity contribution < 1.29 is 52.5 Å². The van der Waals surface area contributed by atoms with Gasteiger partial charge in [0, 0.05) is 26.7 Å². The highest BCUT2D eigenvalue weighted by Gasteiger charge is 2.61. The molecule has 1 amide bonds. The van der Waals surface area contributed by atoms with Crippen LogP contribution in [0.2, 0.25) is 0 Å². The number of unbranched alkanes of at least 4 members (excludes halogenated alkanes) is 5. The average Bonchev–Trinajstić information content (AvgIpc) is 3.60. The predicted octanol–water partition coefficient (Wildman–Crippen LogP) is 5.61. The minimum atomic E-state index is -1.15. The van der Waals surface area contributed by atoms with Crippen LogP contribution in [0, 0.1) is 0 Å². The van der Waals surface area contributed by atoms with E-state index >= 15 is 0 Å². The molecule has 2 saturated heterocycles. The van der Waals surface area contributed by atoms with Crippen molar-refractivity contribution in [2.75, 3.05) is 13.2 Å². The number of hydrogen-bond acceptors (Lipinski definition) is 11. The van der Waals surface area contributed by atoms with E-state index < -0.39 is 54.4 Å². The Morgan fingerprint density at radius 2 is 1.29 bits per heavy atom. The maximum atomic E-state index is 13.4. The van der Waals surface area contributed by atoms with Crippen LogP contribution in [0.3, 0.4) is 0 Å². The van der Waals surface area contributed by atoms with Crippen LogP contribution in [0.25, 0.3) is 0 Å². The molecule has 2 heterocycles. The summed E-state index contributed by atoms with van der Waals surface area (Å²) < 4.78 is 28.0. The van der Waals surface area contributed by atoms with Crippen molar-refractivity contribution in [3.63, 3.8) is 0 Å². The van der Waals surface area contributed by atoms with Crippen LogP contribution in [0.5, 0.6) is 0 Å². The van der Waals surface area contributed by atoms with Crippen molar-refractivity contribution in [2.45, 2.75) is 108 Å².